The molecule has 8 nitrogen and oxygen atoms in total. The Labute approximate surface area is 137 Å². The number of hydrogen-bond donors (Lipinski definition) is 3. The number of nitrogens with zero attached hydrogens (tertiary/aromatic N) is 3. The van der Waals surface area contributed by atoms with Crippen LogP contribution >= 0.6 is 11.3 Å². The van der Waals surface area contributed by atoms with E-state index in [0.717, 1.165) is 22.0 Å². The fraction of sp³-hybridized carbons (Fsp3) is 0.357. The van der Waals surface area contributed by atoms with E-state index in [4.69, 9.17) is 5.73 Å². The summed E-state index contributed by atoms with van der Waals surface area (Å²) in [6.45, 7) is 7.12. The Hall–Kier alpha value is -2.55. The van der Waals surface area contributed by atoms with Crippen LogP contribution in [0.15, 0.2) is 6.07 Å². The number of rotatable bonds is 4. The maximum absolute atomic E-state index is 11.8. The minimum atomic E-state index is -0.765. The summed E-state index contributed by atoms with van der Waals surface area (Å²) in [5, 5.41) is 5.40. The van der Waals surface area contributed by atoms with Crippen molar-refractivity contribution >= 4 is 28.4 Å². The van der Waals surface area contributed by atoms with Crippen molar-refractivity contribution in [2.45, 2.75) is 33.7 Å². The van der Waals surface area contributed by atoms with E-state index in [1.165, 1.54) is 18.3 Å². The quantitative estimate of drug-likeness (QED) is 0.782. The van der Waals surface area contributed by atoms with Crippen LogP contribution in [0.25, 0.3) is 10.7 Å². The monoisotopic (exact) mass is 334 g/mol. The average molecular weight is 334 g/mol. The topological polar surface area (TPSA) is 123 Å². The molecular weight excluding hydrogens is 316 g/mol. The molecule has 0 aromatic carbocycles. The molecule has 1 unspecified atom stereocenters. The molecule has 2 aromatic heterocycles. The zero-order chi connectivity index (χ0) is 17.1. The zero-order valence-corrected chi connectivity index (χ0v) is 14.1. The molecule has 0 aliphatic rings. The molecule has 0 aliphatic carbocycles. The van der Waals surface area contributed by atoms with Gasteiger partial charge in [0.1, 0.15) is 6.04 Å². The Balaban J connectivity index is 2.18. The first-order valence-corrected chi connectivity index (χ1v) is 7.75. The fourth-order valence-corrected chi connectivity index (χ4v) is 2.78. The number of nitrogens with one attached hydrogen (secondary N) is 2. The molecule has 23 heavy (non-hydrogen) atoms. The molecule has 2 heterocycles. The second-order valence-corrected chi connectivity index (χ2v) is 6.13. The maximum Gasteiger partial charge on any atom is 0.321 e. The molecule has 0 radical (unpaired) electrons. The predicted molar refractivity (Wildman–Crippen MR) is 88.2 cm³/mol. The number of aromatic nitrogens is 3. The Kier molecular flexibility index (Phi) is 4.89. The van der Waals surface area contributed by atoms with Crippen LogP contribution in [0.1, 0.15) is 24.0 Å². The summed E-state index contributed by atoms with van der Waals surface area (Å²) in [6.07, 6.45) is 0. The Bertz CT molecular complexity index is 737. The van der Waals surface area contributed by atoms with Crippen LogP contribution < -0.4 is 16.4 Å². The van der Waals surface area contributed by atoms with Gasteiger partial charge in [0, 0.05) is 11.4 Å². The van der Waals surface area contributed by atoms with Crippen molar-refractivity contribution in [3.05, 3.63) is 23.1 Å². The molecule has 0 bridgehead atoms. The largest absolute Gasteiger partial charge is 0.368 e. The number of primary amides is 1. The molecule has 9 heteroatoms. The first kappa shape index (κ1) is 16.8. The van der Waals surface area contributed by atoms with Crippen LogP contribution in [0.4, 0.5) is 9.93 Å². The van der Waals surface area contributed by atoms with E-state index in [1.807, 2.05) is 26.8 Å². The molecule has 0 spiro atoms. The summed E-state index contributed by atoms with van der Waals surface area (Å²) in [7, 11) is 0. The lowest BCUT2D eigenvalue weighted by atomic mass is 10.3. The minimum absolute atomic E-state index is 0.398. The molecule has 2 aromatic rings. The van der Waals surface area contributed by atoms with Gasteiger partial charge >= 0.3 is 6.03 Å². The van der Waals surface area contributed by atoms with E-state index in [-0.39, 0.29) is 0 Å². The first-order chi connectivity index (χ1) is 10.8. The number of amides is 3. The summed E-state index contributed by atoms with van der Waals surface area (Å²) < 4.78 is 0. The van der Waals surface area contributed by atoms with Gasteiger partial charge in [-0.15, -0.1) is 0 Å². The van der Waals surface area contributed by atoms with Crippen LogP contribution in [0.2, 0.25) is 0 Å². The number of hydrogen-bond acceptors (Lipinski definition) is 6. The highest BCUT2D eigenvalue weighted by Gasteiger charge is 2.16. The van der Waals surface area contributed by atoms with E-state index < -0.39 is 18.0 Å². The van der Waals surface area contributed by atoms with Gasteiger partial charge < -0.3 is 11.1 Å². The fourth-order valence-electron chi connectivity index (χ4n) is 1.89. The van der Waals surface area contributed by atoms with Crippen LogP contribution in [0, 0.1) is 20.8 Å². The van der Waals surface area contributed by atoms with Gasteiger partial charge in [-0.2, -0.15) is 0 Å². The van der Waals surface area contributed by atoms with Crippen molar-refractivity contribution in [3.8, 4) is 10.7 Å². The lowest BCUT2D eigenvalue weighted by Gasteiger charge is -2.09. The van der Waals surface area contributed by atoms with E-state index in [2.05, 4.69) is 25.6 Å². The van der Waals surface area contributed by atoms with Crippen molar-refractivity contribution in [3.63, 3.8) is 0 Å². The lowest BCUT2D eigenvalue weighted by molar-refractivity contribution is -0.119. The van der Waals surface area contributed by atoms with E-state index in [9.17, 15) is 9.59 Å². The summed E-state index contributed by atoms with van der Waals surface area (Å²) in [5.74, 6) is -0.0312. The summed E-state index contributed by atoms with van der Waals surface area (Å²) >= 11 is 1.27. The molecule has 0 saturated heterocycles. The molecule has 1 atom stereocenters. The van der Waals surface area contributed by atoms with E-state index in [1.54, 1.807) is 0 Å². The molecule has 122 valence electrons. The molecule has 0 aliphatic heterocycles. The van der Waals surface area contributed by atoms with Crippen LogP contribution in [0.3, 0.4) is 0 Å². The summed E-state index contributed by atoms with van der Waals surface area (Å²) in [6, 6.07) is 0.578. The van der Waals surface area contributed by atoms with Gasteiger partial charge in [0.05, 0.1) is 10.6 Å². The number of carbonyl (C=O) groups excluding carboxylic acids is 2. The number of urea groups is 1. The molecule has 4 N–H and O–H groups in total. The summed E-state index contributed by atoms with van der Waals surface area (Å²) in [5.41, 5.74) is 7.55. The van der Waals surface area contributed by atoms with Crippen LogP contribution in [0.5, 0.6) is 0 Å². The molecular formula is C14H18N6O2S. The van der Waals surface area contributed by atoms with Gasteiger partial charge in [0.2, 0.25) is 5.91 Å². The van der Waals surface area contributed by atoms with Gasteiger partial charge in [0.15, 0.2) is 11.0 Å². The highest BCUT2D eigenvalue weighted by Crippen LogP contribution is 2.30. The Morgan fingerprint density at radius 3 is 2.35 bits per heavy atom. The van der Waals surface area contributed by atoms with Crippen molar-refractivity contribution in [1.29, 1.82) is 0 Å². The standard InChI is InChI=1S/C14H18N6O2S/c1-6-5-7(2)17-12(16-6)10-8(3)19-14(23-10)20-13(22)18-9(4)11(15)21/h5,9H,1-4H3,(H2,15,21)(H2,18,19,20,22). The highest BCUT2D eigenvalue weighted by atomic mass is 32.1. The SMILES string of the molecule is Cc1cc(C)nc(-c2sc(NC(=O)NC(C)C(N)=O)nc2C)n1. The van der Waals surface area contributed by atoms with Gasteiger partial charge in [-0.25, -0.2) is 19.7 Å². The molecule has 2 rings (SSSR count). The number of carbonyl (C=O) groups is 2. The van der Waals surface area contributed by atoms with Crippen LogP contribution in [-0.2, 0) is 4.79 Å². The maximum atomic E-state index is 11.8. The van der Waals surface area contributed by atoms with Crippen molar-refractivity contribution in [1.82, 2.24) is 20.3 Å². The van der Waals surface area contributed by atoms with Gasteiger partial charge in [-0.05, 0) is 33.8 Å². The Morgan fingerprint density at radius 2 is 1.78 bits per heavy atom. The zero-order valence-electron chi connectivity index (χ0n) is 13.3. The second kappa shape index (κ2) is 6.69. The molecule has 3 amide bonds. The molecule has 0 fully saturated rings. The molecule has 0 saturated carbocycles. The smallest absolute Gasteiger partial charge is 0.321 e. The lowest BCUT2D eigenvalue weighted by Crippen LogP contribution is -2.44. The van der Waals surface area contributed by atoms with E-state index in [0.29, 0.717) is 11.0 Å². The van der Waals surface area contributed by atoms with Crippen molar-refractivity contribution in [2.75, 3.05) is 5.32 Å². The van der Waals surface area contributed by atoms with Gasteiger partial charge in [-0.3, -0.25) is 10.1 Å². The number of nitrogens with two attached hydrogens (primary N) is 1. The third kappa shape index (κ3) is 4.22. The van der Waals surface area contributed by atoms with Gasteiger partial charge in [0.25, 0.3) is 0 Å². The number of thiazole rings is 1. The second-order valence-electron chi connectivity index (χ2n) is 5.13. The first-order valence-electron chi connectivity index (χ1n) is 6.93. The minimum Gasteiger partial charge on any atom is -0.368 e. The third-order valence-corrected chi connectivity index (χ3v) is 4.05. The summed E-state index contributed by atoms with van der Waals surface area (Å²) in [4.78, 5) is 36.6. The normalized spacial score (nSPS) is 11.8. The van der Waals surface area contributed by atoms with Crippen LogP contribution in [-0.4, -0.2) is 32.9 Å². The van der Waals surface area contributed by atoms with Gasteiger partial charge in [-0.1, -0.05) is 11.3 Å². The number of aryl methyl sites for hydroxylation is 3. The predicted octanol–water partition coefficient (Wildman–Crippen LogP) is 1.52. The van der Waals surface area contributed by atoms with Crippen molar-refractivity contribution < 1.29 is 9.59 Å². The third-order valence-electron chi connectivity index (χ3n) is 2.98. The highest BCUT2D eigenvalue weighted by molar-refractivity contribution is 7.19. The average Bonchev–Trinajstić information content (AvgIpc) is 2.77. The number of anilines is 1. The van der Waals surface area contributed by atoms with Crippen molar-refractivity contribution in [2.24, 2.45) is 5.73 Å². The Morgan fingerprint density at radius 1 is 1.17 bits per heavy atom. The van der Waals surface area contributed by atoms with E-state index >= 15 is 0 Å².